The van der Waals surface area contributed by atoms with Crippen molar-refractivity contribution < 1.29 is 18.4 Å². The highest BCUT2D eigenvalue weighted by molar-refractivity contribution is 5.91. The molecule has 20 heavy (non-hydrogen) atoms. The van der Waals surface area contributed by atoms with Crippen molar-refractivity contribution in [3.8, 4) is 0 Å². The first-order chi connectivity index (χ1) is 9.56. The summed E-state index contributed by atoms with van der Waals surface area (Å²) in [5.74, 6) is -1.91. The van der Waals surface area contributed by atoms with Gasteiger partial charge in [0.25, 0.3) is 0 Å². The fourth-order valence-electron chi connectivity index (χ4n) is 2.63. The molecule has 106 valence electrons. The van der Waals surface area contributed by atoms with Crippen LogP contribution in [0.25, 0.3) is 0 Å². The van der Waals surface area contributed by atoms with Gasteiger partial charge in [-0.1, -0.05) is 6.07 Å². The molecule has 1 saturated heterocycles. The first-order valence-corrected chi connectivity index (χ1v) is 6.60. The maximum atomic E-state index is 13.6. The topological polar surface area (TPSA) is 58.2 Å². The third kappa shape index (κ3) is 2.37. The highest BCUT2D eigenvalue weighted by atomic mass is 19.1. The highest BCUT2D eigenvalue weighted by Gasteiger charge is 2.43. The molecule has 0 aromatic heterocycles. The number of hydrogen-bond acceptors (Lipinski definition) is 2. The van der Waals surface area contributed by atoms with Crippen LogP contribution in [0, 0.1) is 11.6 Å². The van der Waals surface area contributed by atoms with Crippen LogP contribution in [0.1, 0.15) is 30.7 Å². The molecule has 0 spiro atoms. The third-order valence-corrected chi connectivity index (χ3v) is 3.80. The number of carbonyl (C=O) groups excluding carboxylic acids is 2. The second-order valence-corrected chi connectivity index (χ2v) is 5.25. The van der Waals surface area contributed by atoms with Gasteiger partial charge in [-0.25, -0.2) is 8.78 Å². The van der Waals surface area contributed by atoms with Crippen LogP contribution in [-0.4, -0.2) is 23.9 Å². The zero-order valence-corrected chi connectivity index (χ0v) is 10.7. The van der Waals surface area contributed by atoms with Gasteiger partial charge in [-0.05, 0) is 25.0 Å². The number of hydrogen-bond donors (Lipinski definition) is 2. The number of rotatable bonds is 3. The summed E-state index contributed by atoms with van der Waals surface area (Å²) in [6.07, 6.45) is 1.33. The summed E-state index contributed by atoms with van der Waals surface area (Å²) in [6.45, 7) is 0. The molecule has 1 saturated carbocycles. The minimum Gasteiger partial charge on any atom is -0.351 e. The van der Waals surface area contributed by atoms with E-state index in [4.69, 9.17) is 0 Å². The van der Waals surface area contributed by atoms with Gasteiger partial charge in [0.2, 0.25) is 11.8 Å². The van der Waals surface area contributed by atoms with Crippen molar-refractivity contribution in [1.82, 2.24) is 10.6 Å². The van der Waals surface area contributed by atoms with Crippen LogP contribution in [0.4, 0.5) is 8.78 Å². The summed E-state index contributed by atoms with van der Waals surface area (Å²) >= 11 is 0. The highest BCUT2D eigenvalue weighted by Crippen LogP contribution is 2.43. The van der Waals surface area contributed by atoms with Gasteiger partial charge in [-0.3, -0.25) is 9.59 Å². The lowest BCUT2D eigenvalue weighted by Gasteiger charge is -2.11. The predicted molar refractivity (Wildman–Crippen MR) is 66.8 cm³/mol. The molecule has 0 unspecified atom stereocenters. The summed E-state index contributed by atoms with van der Waals surface area (Å²) in [4.78, 5) is 22.9. The Labute approximate surface area is 114 Å². The largest absolute Gasteiger partial charge is 0.351 e. The van der Waals surface area contributed by atoms with Gasteiger partial charge in [0, 0.05) is 23.9 Å². The Morgan fingerprint density at radius 3 is 2.60 bits per heavy atom. The Bertz CT molecular complexity index is 556. The van der Waals surface area contributed by atoms with Crippen LogP contribution < -0.4 is 10.6 Å². The molecule has 3 rings (SSSR count). The summed E-state index contributed by atoms with van der Waals surface area (Å²) in [7, 11) is 0. The van der Waals surface area contributed by atoms with E-state index in [1.807, 2.05) is 0 Å². The first kappa shape index (κ1) is 13.0. The molecule has 2 amide bonds. The van der Waals surface area contributed by atoms with Gasteiger partial charge < -0.3 is 10.6 Å². The van der Waals surface area contributed by atoms with Crippen molar-refractivity contribution in [2.45, 2.75) is 37.3 Å². The van der Waals surface area contributed by atoms with E-state index in [0.29, 0.717) is 19.3 Å². The molecule has 2 fully saturated rings. The lowest BCUT2D eigenvalue weighted by molar-refractivity contribution is -0.125. The lowest BCUT2D eigenvalue weighted by atomic mass is 10.1. The van der Waals surface area contributed by atoms with Crippen LogP contribution in [0.3, 0.4) is 0 Å². The Hall–Kier alpha value is -1.98. The number of benzene rings is 1. The molecular weight excluding hydrogens is 266 g/mol. The maximum absolute atomic E-state index is 13.6. The van der Waals surface area contributed by atoms with Gasteiger partial charge in [-0.15, -0.1) is 0 Å². The molecule has 1 aromatic rings. The van der Waals surface area contributed by atoms with Gasteiger partial charge in [-0.2, -0.15) is 0 Å². The summed E-state index contributed by atoms with van der Waals surface area (Å²) in [5, 5.41) is 5.30. The quantitative estimate of drug-likeness (QED) is 0.874. The third-order valence-electron chi connectivity index (χ3n) is 3.80. The van der Waals surface area contributed by atoms with Crippen molar-refractivity contribution in [2.24, 2.45) is 0 Å². The summed E-state index contributed by atoms with van der Waals surface area (Å²) in [6, 6.07) is 2.97. The molecule has 1 aliphatic carbocycles. The Kier molecular flexibility index (Phi) is 3.16. The van der Waals surface area contributed by atoms with Crippen LogP contribution in [0.5, 0.6) is 0 Å². The SMILES string of the molecule is O=C1CC[C@H](C(=O)N[C@H]2C[C@H]2c2c(F)cccc2F)N1. The average Bonchev–Trinajstić information content (AvgIpc) is 2.97. The second-order valence-electron chi connectivity index (χ2n) is 5.25. The van der Waals surface area contributed by atoms with E-state index >= 15 is 0 Å². The number of nitrogens with one attached hydrogen (secondary N) is 2. The standard InChI is InChI=1S/C14H14F2N2O2/c15-8-2-1-3-9(16)13(8)7-6-11(7)18-14(20)10-4-5-12(19)17-10/h1-3,7,10-11H,4-6H2,(H,17,19)(H,18,20)/t7-,10-,11+/m1/s1. The van der Waals surface area contributed by atoms with E-state index in [2.05, 4.69) is 10.6 Å². The lowest BCUT2D eigenvalue weighted by Crippen LogP contribution is -2.42. The van der Waals surface area contributed by atoms with Crippen molar-refractivity contribution in [3.63, 3.8) is 0 Å². The summed E-state index contributed by atoms with van der Waals surface area (Å²) < 4.78 is 27.2. The molecule has 1 aromatic carbocycles. The summed E-state index contributed by atoms with van der Waals surface area (Å²) in [5.41, 5.74) is 0.0354. The molecule has 3 atom stereocenters. The van der Waals surface area contributed by atoms with E-state index in [1.165, 1.54) is 18.2 Å². The average molecular weight is 280 g/mol. The van der Waals surface area contributed by atoms with Crippen LogP contribution in [0.2, 0.25) is 0 Å². The van der Waals surface area contributed by atoms with Crippen molar-refractivity contribution >= 4 is 11.8 Å². The molecule has 0 bridgehead atoms. The maximum Gasteiger partial charge on any atom is 0.242 e. The number of carbonyl (C=O) groups is 2. The van der Waals surface area contributed by atoms with E-state index in [-0.39, 0.29) is 29.3 Å². The van der Waals surface area contributed by atoms with E-state index < -0.39 is 17.7 Å². The first-order valence-electron chi connectivity index (χ1n) is 6.60. The van der Waals surface area contributed by atoms with Gasteiger partial charge in [0.05, 0.1) is 0 Å². The van der Waals surface area contributed by atoms with Crippen molar-refractivity contribution in [2.75, 3.05) is 0 Å². The minimum atomic E-state index is -0.582. The zero-order valence-electron chi connectivity index (χ0n) is 10.7. The Morgan fingerprint density at radius 1 is 1.30 bits per heavy atom. The van der Waals surface area contributed by atoms with Crippen molar-refractivity contribution in [3.05, 3.63) is 35.4 Å². The Morgan fingerprint density at radius 2 is 2.00 bits per heavy atom. The van der Waals surface area contributed by atoms with E-state index in [9.17, 15) is 18.4 Å². The normalized spacial score (nSPS) is 28.1. The van der Waals surface area contributed by atoms with Crippen LogP contribution >= 0.6 is 0 Å². The minimum absolute atomic E-state index is 0.0354. The van der Waals surface area contributed by atoms with Crippen molar-refractivity contribution in [1.29, 1.82) is 0 Å². The molecule has 2 aliphatic rings. The molecule has 1 heterocycles. The fraction of sp³-hybridized carbons (Fsp3) is 0.429. The molecule has 2 N–H and O–H groups in total. The molecule has 0 radical (unpaired) electrons. The molecule has 6 heteroatoms. The van der Waals surface area contributed by atoms with Gasteiger partial charge in [0.1, 0.15) is 17.7 Å². The Balaban J connectivity index is 1.62. The monoisotopic (exact) mass is 280 g/mol. The van der Waals surface area contributed by atoms with Gasteiger partial charge in [0.15, 0.2) is 0 Å². The second kappa shape index (κ2) is 4.85. The van der Waals surface area contributed by atoms with Crippen LogP contribution in [0.15, 0.2) is 18.2 Å². The van der Waals surface area contributed by atoms with E-state index in [1.54, 1.807) is 0 Å². The molecule has 1 aliphatic heterocycles. The van der Waals surface area contributed by atoms with Gasteiger partial charge >= 0.3 is 0 Å². The molecular formula is C14H14F2N2O2. The number of amides is 2. The smallest absolute Gasteiger partial charge is 0.242 e. The fourth-order valence-corrected chi connectivity index (χ4v) is 2.63. The van der Waals surface area contributed by atoms with Crippen LogP contribution in [-0.2, 0) is 9.59 Å². The number of halogens is 2. The van der Waals surface area contributed by atoms with E-state index in [0.717, 1.165) is 0 Å². The predicted octanol–water partition coefficient (Wildman–Crippen LogP) is 1.22. The molecule has 4 nitrogen and oxygen atoms in total. The zero-order chi connectivity index (χ0) is 14.3.